The summed E-state index contributed by atoms with van der Waals surface area (Å²) < 4.78 is 33.2. The van der Waals surface area contributed by atoms with E-state index in [0.29, 0.717) is 14.6 Å². The second-order valence-corrected chi connectivity index (χ2v) is 7.48. The van der Waals surface area contributed by atoms with Gasteiger partial charge in [-0.05, 0) is 41.1 Å². The lowest BCUT2D eigenvalue weighted by atomic mass is 10.4. The molecule has 112 valence electrons. The van der Waals surface area contributed by atoms with Gasteiger partial charge in [0.25, 0.3) is 10.0 Å². The normalized spacial score (nSPS) is 11.2. The number of anilines is 1. The fraction of sp³-hybridized carbons (Fsp3) is 0.167. The van der Waals surface area contributed by atoms with Crippen molar-refractivity contribution in [1.82, 2.24) is 9.97 Å². The van der Waals surface area contributed by atoms with Crippen LogP contribution in [0.3, 0.4) is 0 Å². The highest BCUT2D eigenvalue weighted by Gasteiger charge is 2.20. The van der Waals surface area contributed by atoms with Crippen molar-refractivity contribution < 1.29 is 13.2 Å². The summed E-state index contributed by atoms with van der Waals surface area (Å²) in [5, 5.41) is 0. The van der Waals surface area contributed by atoms with Gasteiger partial charge in [-0.15, -0.1) is 0 Å². The molecule has 2 rings (SSSR count). The largest absolute Gasteiger partial charge is 0.481 e. The van der Waals surface area contributed by atoms with Gasteiger partial charge in [0.1, 0.15) is 4.90 Å². The molecule has 0 atom stereocenters. The highest BCUT2D eigenvalue weighted by Crippen LogP contribution is 2.27. The van der Waals surface area contributed by atoms with Crippen LogP contribution in [0, 0.1) is 6.92 Å². The first-order chi connectivity index (χ1) is 9.81. The Morgan fingerprint density at radius 1 is 1.19 bits per heavy atom. The second kappa shape index (κ2) is 6.29. The fourth-order valence-corrected chi connectivity index (χ4v) is 4.00. The van der Waals surface area contributed by atoms with Gasteiger partial charge in [-0.25, -0.2) is 18.1 Å². The zero-order chi connectivity index (χ0) is 15.6. The molecule has 21 heavy (non-hydrogen) atoms. The quantitative estimate of drug-likeness (QED) is 0.796. The van der Waals surface area contributed by atoms with Crippen molar-refractivity contribution in [2.75, 3.05) is 11.8 Å². The number of hydrogen-bond acceptors (Lipinski definition) is 5. The molecular formula is C12H11Br2N3O3S. The third-order valence-corrected chi connectivity index (χ3v) is 5.26. The number of benzene rings is 1. The van der Waals surface area contributed by atoms with Gasteiger partial charge in [0.05, 0.1) is 7.11 Å². The van der Waals surface area contributed by atoms with Crippen LogP contribution < -0.4 is 9.46 Å². The molecule has 0 aliphatic rings. The Kier molecular flexibility index (Phi) is 4.84. The highest BCUT2D eigenvalue weighted by molar-refractivity contribution is 9.11. The van der Waals surface area contributed by atoms with E-state index >= 15 is 0 Å². The molecule has 1 heterocycles. The molecule has 1 aromatic heterocycles. The summed E-state index contributed by atoms with van der Waals surface area (Å²) in [5.41, 5.74) is 0.591. The first-order valence-corrected chi connectivity index (χ1v) is 8.76. The van der Waals surface area contributed by atoms with Crippen LogP contribution in [0.2, 0.25) is 0 Å². The molecule has 2 aromatic rings. The molecule has 0 fully saturated rings. The molecule has 0 aliphatic carbocycles. The first kappa shape index (κ1) is 16.2. The average Bonchev–Trinajstić information content (AvgIpc) is 2.40. The highest BCUT2D eigenvalue weighted by atomic mass is 79.9. The maximum atomic E-state index is 12.4. The first-order valence-electron chi connectivity index (χ1n) is 5.69. The van der Waals surface area contributed by atoms with Crippen molar-refractivity contribution in [2.45, 2.75) is 11.8 Å². The smallest absolute Gasteiger partial charge is 0.265 e. The number of aromatic nitrogens is 2. The van der Waals surface area contributed by atoms with Gasteiger partial charge in [0.15, 0.2) is 0 Å². The van der Waals surface area contributed by atoms with Crippen molar-refractivity contribution in [3.05, 3.63) is 38.9 Å². The van der Waals surface area contributed by atoms with E-state index in [2.05, 4.69) is 46.5 Å². The van der Waals surface area contributed by atoms with Gasteiger partial charge >= 0.3 is 0 Å². The third-order valence-electron chi connectivity index (χ3n) is 2.45. The second-order valence-electron chi connectivity index (χ2n) is 4.06. The summed E-state index contributed by atoms with van der Waals surface area (Å²) >= 11 is 6.46. The van der Waals surface area contributed by atoms with Gasteiger partial charge in [0, 0.05) is 20.7 Å². The van der Waals surface area contributed by atoms with E-state index in [-0.39, 0.29) is 16.7 Å². The molecule has 6 nitrogen and oxygen atoms in total. The third kappa shape index (κ3) is 3.92. The number of nitrogens with zero attached hydrogens (tertiary/aromatic N) is 2. The van der Waals surface area contributed by atoms with Crippen molar-refractivity contribution in [1.29, 1.82) is 0 Å². The summed E-state index contributed by atoms with van der Waals surface area (Å²) in [5.74, 6) is 0.243. The van der Waals surface area contributed by atoms with Crippen molar-refractivity contribution in [3.8, 4) is 5.88 Å². The Morgan fingerprint density at radius 2 is 1.90 bits per heavy atom. The number of ether oxygens (including phenoxy) is 1. The standard InChI is InChI=1S/C12H11Br2N3O3S/c1-7-5-11(20-2)16-12(15-7)17-21(18,19)10-6-8(13)3-4-9(10)14/h3-6H,1-2H3,(H,15,16,17). The molecule has 0 bridgehead atoms. The Hall–Kier alpha value is -1.19. The fourth-order valence-electron chi connectivity index (χ4n) is 1.55. The molecule has 0 amide bonds. The lowest BCUT2D eigenvalue weighted by molar-refractivity contribution is 0.397. The summed E-state index contributed by atoms with van der Waals surface area (Å²) in [6.45, 7) is 1.72. The molecule has 0 aliphatic heterocycles. The SMILES string of the molecule is COc1cc(C)nc(NS(=O)(=O)c2cc(Br)ccc2Br)n1. The average molecular weight is 437 g/mol. The van der Waals surface area contributed by atoms with Gasteiger partial charge in [-0.3, -0.25) is 0 Å². The predicted octanol–water partition coefficient (Wildman–Crippen LogP) is 3.12. The molecule has 0 saturated heterocycles. The summed E-state index contributed by atoms with van der Waals surface area (Å²) in [6.07, 6.45) is 0. The minimum atomic E-state index is -3.82. The summed E-state index contributed by atoms with van der Waals surface area (Å²) in [6, 6.07) is 6.46. The summed E-state index contributed by atoms with van der Waals surface area (Å²) in [4.78, 5) is 8.08. The predicted molar refractivity (Wildman–Crippen MR) is 86.0 cm³/mol. The zero-order valence-electron chi connectivity index (χ0n) is 11.1. The maximum absolute atomic E-state index is 12.4. The lowest BCUT2D eigenvalue weighted by Gasteiger charge is -2.10. The van der Waals surface area contributed by atoms with E-state index < -0.39 is 10.0 Å². The van der Waals surface area contributed by atoms with E-state index in [4.69, 9.17) is 4.74 Å². The Labute approximate surface area is 139 Å². The number of hydrogen-bond donors (Lipinski definition) is 1. The van der Waals surface area contributed by atoms with Crippen LogP contribution in [0.5, 0.6) is 5.88 Å². The van der Waals surface area contributed by atoms with E-state index in [9.17, 15) is 8.42 Å². The van der Waals surface area contributed by atoms with E-state index in [0.717, 1.165) is 0 Å². The molecule has 0 radical (unpaired) electrons. The molecule has 1 N–H and O–H groups in total. The van der Waals surface area contributed by atoms with Gasteiger partial charge in [0.2, 0.25) is 11.8 Å². The minimum Gasteiger partial charge on any atom is -0.481 e. The Bertz CT molecular complexity index is 781. The Balaban J connectivity index is 2.42. The number of nitrogens with one attached hydrogen (secondary N) is 1. The molecule has 0 spiro atoms. The van der Waals surface area contributed by atoms with Gasteiger partial charge in [-0.1, -0.05) is 15.9 Å². The Morgan fingerprint density at radius 3 is 2.57 bits per heavy atom. The van der Waals surface area contributed by atoms with E-state index in [1.54, 1.807) is 25.1 Å². The molecule has 0 saturated carbocycles. The van der Waals surface area contributed by atoms with Crippen LogP contribution in [0.4, 0.5) is 5.95 Å². The van der Waals surface area contributed by atoms with Crippen molar-refractivity contribution in [2.24, 2.45) is 0 Å². The zero-order valence-corrected chi connectivity index (χ0v) is 15.1. The maximum Gasteiger partial charge on any atom is 0.265 e. The number of halogens is 2. The summed E-state index contributed by atoms with van der Waals surface area (Å²) in [7, 11) is -2.37. The monoisotopic (exact) mass is 435 g/mol. The topological polar surface area (TPSA) is 81.2 Å². The molecule has 0 unspecified atom stereocenters. The molecule has 9 heteroatoms. The molecular weight excluding hydrogens is 426 g/mol. The molecule has 1 aromatic carbocycles. The number of aryl methyl sites for hydroxylation is 1. The van der Waals surface area contributed by atoms with Crippen LogP contribution in [-0.4, -0.2) is 25.5 Å². The number of sulfonamides is 1. The van der Waals surface area contributed by atoms with E-state index in [1.165, 1.54) is 13.2 Å². The van der Waals surface area contributed by atoms with Crippen molar-refractivity contribution >= 4 is 47.8 Å². The van der Waals surface area contributed by atoms with Crippen molar-refractivity contribution in [3.63, 3.8) is 0 Å². The number of methoxy groups -OCH3 is 1. The number of rotatable bonds is 4. The lowest BCUT2D eigenvalue weighted by Crippen LogP contribution is -2.16. The van der Waals surface area contributed by atoms with Crippen LogP contribution >= 0.6 is 31.9 Å². The van der Waals surface area contributed by atoms with Crippen LogP contribution in [-0.2, 0) is 10.0 Å². The van der Waals surface area contributed by atoms with Crippen LogP contribution in [0.25, 0.3) is 0 Å². The van der Waals surface area contributed by atoms with Crippen LogP contribution in [0.15, 0.2) is 38.1 Å². The van der Waals surface area contributed by atoms with Gasteiger partial charge < -0.3 is 4.74 Å². The van der Waals surface area contributed by atoms with E-state index in [1.807, 2.05) is 0 Å². The van der Waals surface area contributed by atoms with Crippen LogP contribution in [0.1, 0.15) is 5.69 Å². The van der Waals surface area contributed by atoms with Gasteiger partial charge in [-0.2, -0.15) is 4.98 Å². The minimum absolute atomic E-state index is 0.0428.